The molecule has 0 aromatic carbocycles. The predicted octanol–water partition coefficient (Wildman–Crippen LogP) is 0.682. The van der Waals surface area contributed by atoms with Gasteiger partial charge in [0.05, 0.1) is 5.69 Å². The van der Waals surface area contributed by atoms with Gasteiger partial charge in [0, 0.05) is 13.1 Å². The van der Waals surface area contributed by atoms with E-state index in [1.807, 2.05) is 0 Å². The van der Waals surface area contributed by atoms with E-state index in [2.05, 4.69) is 20.1 Å². The number of rotatable bonds is 2. The number of ketones is 1. The third-order valence-electron chi connectivity index (χ3n) is 2.66. The Kier molecular flexibility index (Phi) is 2.45. The highest BCUT2D eigenvalue weighted by Crippen LogP contribution is 2.19. The van der Waals surface area contributed by atoms with Crippen LogP contribution in [0, 0.1) is 0 Å². The van der Waals surface area contributed by atoms with E-state index in [0.29, 0.717) is 11.4 Å². The summed E-state index contributed by atoms with van der Waals surface area (Å²) in [5.41, 5.74) is 0.716. The first kappa shape index (κ1) is 11.3. The highest BCUT2D eigenvalue weighted by Gasteiger charge is 2.19. The lowest BCUT2D eigenvalue weighted by Gasteiger charge is -1.95. The lowest BCUT2D eigenvalue weighted by atomic mass is 10.2. The molecule has 0 radical (unpaired) electrons. The molecule has 1 N–H and O–H groups in total. The second kappa shape index (κ2) is 4.13. The second-order valence-corrected chi connectivity index (χ2v) is 3.93. The molecule has 3 heterocycles. The van der Waals surface area contributed by atoms with E-state index in [1.54, 1.807) is 24.4 Å². The molecule has 0 saturated heterocycles. The Morgan fingerprint density at radius 1 is 1.37 bits per heavy atom. The van der Waals surface area contributed by atoms with Gasteiger partial charge in [0.2, 0.25) is 0 Å². The minimum atomic E-state index is -0.365. The summed E-state index contributed by atoms with van der Waals surface area (Å²) in [6, 6.07) is 5.26. The number of imidazole rings is 1. The van der Waals surface area contributed by atoms with Crippen LogP contribution < -0.4 is 5.56 Å². The number of nitrogens with zero attached hydrogens (tertiary/aromatic N) is 4. The summed E-state index contributed by atoms with van der Waals surface area (Å²) >= 11 is 0. The first-order valence-corrected chi connectivity index (χ1v) is 5.57. The summed E-state index contributed by atoms with van der Waals surface area (Å²) in [6.45, 7) is 1.37. The lowest BCUT2D eigenvalue weighted by Crippen LogP contribution is -2.13. The summed E-state index contributed by atoms with van der Waals surface area (Å²) in [4.78, 5) is 34.3. The fourth-order valence-electron chi connectivity index (χ4n) is 1.85. The third kappa shape index (κ3) is 1.71. The Bertz CT molecular complexity index is 819. The van der Waals surface area contributed by atoms with Crippen molar-refractivity contribution in [3.8, 4) is 11.4 Å². The molecule has 94 valence electrons. The molecule has 3 aromatic rings. The molecule has 0 spiro atoms. The molecule has 3 rings (SSSR count). The normalized spacial score (nSPS) is 10.8. The summed E-state index contributed by atoms with van der Waals surface area (Å²) in [6.07, 6.45) is 2.82. The number of hydrogen-bond acceptors (Lipinski definition) is 5. The smallest absolute Gasteiger partial charge is 0.277 e. The Morgan fingerprint density at radius 3 is 2.89 bits per heavy atom. The van der Waals surface area contributed by atoms with Gasteiger partial charge in [0.15, 0.2) is 17.1 Å². The van der Waals surface area contributed by atoms with Gasteiger partial charge in [0.1, 0.15) is 12.0 Å². The average Bonchev–Trinajstić information content (AvgIpc) is 2.81. The molecule has 0 atom stereocenters. The van der Waals surface area contributed by atoms with Crippen LogP contribution in [-0.4, -0.2) is 30.3 Å². The van der Waals surface area contributed by atoms with Gasteiger partial charge in [-0.3, -0.25) is 14.6 Å². The zero-order chi connectivity index (χ0) is 13.4. The van der Waals surface area contributed by atoms with Crippen LogP contribution in [0.5, 0.6) is 0 Å². The van der Waals surface area contributed by atoms with Crippen LogP contribution in [0.4, 0.5) is 0 Å². The maximum absolute atomic E-state index is 11.9. The van der Waals surface area contributed by atoms with Crippen LogP contribution >= 0.6 is 0 Å². The van der Waals surface area contributed by atoms with Crippen LogP contribution in [0.1, 0.15) is 17.5 Å². The molecule has 0 amide bonds. The number of Topliss-reactive ketones (excluding diaryl/α,β-unsaturated/α-hetero) is 1. The van der Waals surface area contributed by atoms with Crippen molar-refractivity contribution in [1.29, 1.82) is 0 Å². The zero-order valence-corrected chi connectivity index (χ0v) is 9.99. The van der Waals surface area contributed by atoms with Crippen molar-refractivity contribution in [2.45, 2.75) is 6.92 Å². The molecule has 0 aliphatic heterocycles. The van der Waals surface area contributed by atoms with Gasteiger partial charge in [-0.1, -0.05) is 6.07 Å². The molecular formula is C12H9N5O2. The number of nitrogens with one attached hydrogen (secondary N) is 1. The number of aromatic nitrogens is 5. The topological polar surface area (TPSA) is 93.0 Å². The molecule has 7 heteroatoms. The summed E-state index contributed by atoms with van der Waals surface area (Å²) in [5.74, 6) is -0.156. The van der Waals surface area contributed by atoms with Gasteiger partial charge < -0.3 is 4.98 Å². The summed E-state index contributed by atoms with van der Waals surface area (Å²) in [7, 11) is 0. The van der Waals surface area contributed by atoms with Crippen LogP contribution in [0.2, 0.25) is 0 Å². The largest absolute Gasteiger partial charge is 0.310 e. The molecule has 0 bridgehead atoms. The molecule has 0 aliphatic rings. The maximum Gasteiger partial charge on any atom is 0.277 e. The standard InChI is InChI=1S/C12H9N5O2/c1-7(18)11-16-9(8-4-2-3-5-13-8)10-12(19)14-6-15-17(10)11/h2-6H,1H3,(H,14,15,19). The molecule has 7 nitrogen and oxygen atoms in total. The van der Waals surface area contributed by atoms with Crippen molar-refractivity contribution in [2.24, 2.45) is 0 Å². The van der Waals surface area contributed by atoms with Crippen molar-refractivity contribution in [3.05, 3.63) is 46.9 Å². The van der Waals surface area contributed by atoms with Gasteiger partial charge in [-0.05, 0) is 12.1 Å². The van der Waals surface area contributed by atoms with E-state index < -0.39 is 0 Å². The Morgan fingerprint density at radius 2 is 2.21 bits per heavy atom. The quantitative estimate of drug-likeness (QED) is 0.680. The third-order valence-corrected chi connectivity index (χ3v) is 2.66. The summed E-state index contributed by atoms with van der Waals surface area (Å²) in [5, 5.41) is 3.96. The summed E-state index contributed by atoms with van der Waals surface area (Å²) < 4.78 is 1.24. The van der Waals surface area contributed by atoms with Gasteiger partial charge in [-0.25, -0.2) is 9.50 Å². The zero-order valence-electron chi connectivity index (χ0n) is 9.99. The molecule has 0 saturated carbocycles. The van der Waals surface area contributed by atoms with Crippen molar-refractivity contribution in [3.63, 3.8) is 0 Å². The van der Waals surface area contributed by atoms with Crippen LogP contribution in [0.3, 0.4) is 0 Å². The van der Waals surface area contributed by atoms with E-state index in [0.717, 1.165) is 0 Å². The van der Waals surface area contributed by atoms with E-state index >= 15 is 0 Å². The number of hydrogen-bond donors (Lipinski definition) is 1. The minimum Gasteiger partial charge on any atom is -0.310 e. The van der Waals surface area contributed by atoms with Crippen molar-refractivity contribution in [1.82, 2.24) is 24.6 Å². The molecule has 3 aromatic heterocycles. The minimum absolute atomic E-state index is 0.113. The lowest BCUT2D eigenvalue weighted by molar-refractivity contribution is 0.100. The van der Waals surface area contributed by atoms with E-state index in [4.69, 9.17) is 0 Å². The molecular weight excluding hydrogens is 246 g/mol. The number of aromatic amines is 1. The van der Waals surface area contributed by atoms with Crippen molar-refractivity contribution >= 4 is 11.3 Å². The molecule has 0 fully saturated rings. The Balaban J connectivity index is 2.44. The van der Waals surface area contributed by atoms with E-state index in [1.165, 1.54) is 17.8 Å². The monoisotopic (exact) mass is 255 g/mol. The van der Waals surface area contributed by atoms with E-state index in [-0.39, 0.29) is 22.7 Å². The van der Waals surface area contributed by atoms with Crippen molar-refractivity contribution < 1.29 is 4.79 Å². The first-order valence-electron chi connectivity index (χ1n) is 5.57. The number of carbonyl (C=O) groups excluding carboxylic acids is 1. The molecule has 19 heavy (non-hydrogen) atoms. The molecule has 0 aliphatic carbocycles. The first-order chi connectivity index (χ1) is 9.18. The van der Waals surface area contributed by atoms with E-state index in [9.17, 15) is 9.59 Å². The van der Waals surface area contributed by atoms with Gasteiger partial charge in [-0.2, -0.15) is 5.10 Å². The number of fused-ring (bicyclic) bond motifs is 1. The van der Waals surface area contributed by atoms with Gasteiger partial charge in [0.25, 0.3) is 5.56 Å². The Labute approximate surface area is 107 Å². The van der Waals surface area contributed by atoms with Crippen LogP contribution in [0.25, 0.3) is 16.9 Å². The number of carbonyl (C=O) groups is 1. The SMILES string of the molecule is CC(=O)c1nc(-c2ccccn2)c2c(=O)[nH]cnn12. The van der Waals surface area contributed by atoms with Gasteiger partial charge >= 0.3 is 0 Å². The Hall–Kier alpha value is -2.83. The maximum atomic E-state index is 11.9. The molecule has 0 unspecified atom stereocenters. The fraction of sp³-hybridized carbons (Fsp3) is 0.0833. The predicted molar refractivity (Wildman–Crippen MR) is 66.8 cm³/mol. The second-order valence-electron chi connectivity index (χ2n) is 3.93. The van der Waals surface area contributed by atoms with Crippen molar-refractivity contribution in [2.75, 3.05) is 0 Å². The number of pyridine rings is 1. The number of H-pyrrole nitrogens is 1. The highest BCUT2D eigenvalue weighted by molar-refractivity contribution is 5.93. The van der Waals surface area contributed by atoms with Crippen LogP contribution in [0.15, 0.2) is 35.5 Å². The van der Waals surface area contributed by atoms with Crippen LogP contribution in [-0.2, 0) is 0 Å². The highest BCUT2D eigenvalue weighted by atomic mass is 16.1. The fourth-order valence-corrected chi connectivity index (χ4v) is 1.85. The average molecular weight is 255 g/mol. The van der Waals surface area contributed by atoms with Gasteiger partial charge in [-0.15, -0.1) is 0 Å².